The minimum Gasteiger partial charge on any atom is -0.481 e. The Kier molecular flexibility index (Phi) is 5.25. The zero-order valence-corrected chi connectivity index (χ0v) is 12.6. The van der Waals surface area contributed by atoms with Crippen LogP contribution < -0.4 is 0 Å². The molecule has 0 unspecified atom stereocenters. The van der Waals surface area contributed by atoms with E-state index in [0.717, 1.165) is 0 Å². The second-order valence-corrected chi connectivity index (χ2v) is 5.09. The van der Waals surface area contributed by atoms with Gasteiger partial charge in [-0.05, 0) is 36.2 Å². The molecule has 2 aromatic carbocycles. The minimum atomic E-state index is -0.970. The van der Waals surface area contributed by atoms with Gasteiger partial charge in [-0.15, -0.1) is 0 Å². The predicted octanol–water partition coefficient (Wildman–Crippen LogP) is 2.66. The topological polar surface area (TPSA) is 80.7 Å². The second-order valence-electron chi connectivity index (χ2n) is 5.09. The fourth-order valence-corrected chi connectivity index (χ4v) is 2.12. The molecule has 0 aliphatic rings. The van der Waals surface area contributed by atoms with Crippen molar-refractivity contribution >= 4 is 17.7 Å². The van der Waals surface area contributed by atoms with Gasteiger partial charge in [0.2, 0.25) is 5.78 Å². The first-order chi connectivity index (χ1) is 11.0. The van der Waals surface area contributed by atoms with Crippen LogP contribution >= 0.6 is 0 Å². The van der Waals surface area contributed by atoms with E-state index < -0.39 is 11.9 Å². The van der Waals surface area contributed by atoms with E-state index in [9.17, 15) is 14.4 Å². The van der Waals surface area contributed by atoms with Gasteiger partial charge >= 0.3 is 11.9 Å². The van der Waals surface area contributed by atoms with Gasteiger partial charge < -0.3 is 9.84 Å². The maximum Gasteiger partial charge on any atom is 0.338 e. The van der Waals surface area contributed by atoms with E-state index in [1.807, 2.05) is 0 Å². The highest BCUT2D eigenvalue weighted by atomic mass is 16.5. The van der Waals surface area contributed by atoms with Gasteiger partial charge in [0.1, 0.15) is 0 Å². The number of carbonyl (C=O) groups is 3. The summed E-state index contributed by atoms with van der Waals surface area (Å²) in [7, 11) is 0. The molecule has 0 saturated carbocycles. The molecule has 0 saturated heterocycles. The Morgan fingerprint density at radius 1 is 1.04 bits per heavy atom. The molecule has 0 aliphatic heterocycles. The average Bonchev–Trinajstić information content (AvgIpc) is 2.54. The number of hydrogen-bond acceptors (Lipinski definition) is 4. The summed E-state index contributed by atoms with van der Waals surface area (Å²) >= 11 is 0. The lowest BCUT2D eigenvalue weighted by molar-refractivity contribution is -0.136. The van der Waals surface area contributed by atoms with Gasteiger partial charge in [-0.2, -0.15) is 0 Å². The summed E-state index contributed by atoms with van der Waals surface area (Å²) in [6.45, 7) is 1.36. The van der Waals surface area contributed by atoms with Crippen LogP contribution in [0.25, 0.3) is 0 Å². The third-order valence-corrected chi connectivity index (χ3v) is 3.30. The molecule has 0 fully saturated rings. The Labute approximate surface area is 133 Å². The van der Waals surface area contributed by atoms with Crippen LogP contribution in [0.1, 0.15) is 31.8 Å². The summed E-state index contributed by atoms with van der Waals surface area (Å²) in [5, 5.41) is 8.81. The van der Waals surface area contributed by atoms with Gasteiger partial charge in [-0.3, -0.25) is 9.59 Å². The van der Waals surface area contributed by atoms with Gasteiger partial charge in [-0.1, -0.05) is 30.3 Å². The van der Waals surface area contributed by atoms with Crippen molar-refractivity contribution in [2.75, 3.05) is 6.61 Å². The van der Waals surface area contributed by atoms with Crippen molar-refractivity contribution in [1.29, 1.82) is 0 Å². The van der Waals surface area contributed by atoms with Crippen LogP contribution in [0.5, 0.6) is 0 Å². The van der Waals surface area contributed by atoms with Crippen LogP contribution in [0.15, 0.2) is 48.5 Å². The van der Waals surface area contributed by atoms with Crippen LogP contribution in [0.2, 0.25) is 0 Å². The number of aliphatic carboxylic acids is 1. The largest absolute Gasteiger partial charge is 0.481 e. The SMILES string of the molecule is Cc1ccc(CC(=O)O)cc1C(=O)COC(=O)c1ccccc1. The van der Waals surface area contributed by atoms with Gasteiger partial charge in [-0.25, -0.2) is 4.79 Å². The van der Waals surface area contributed by atoms with Crippen molar-refractivity contribution in [3.8, 4) is 0 Å². The molecule has 0 heterocycles. The monoisotopic (exact) mass is 312 g/mol. The van der Waals surface area contributed by atoms with Crippen molar-refractivity contribution in [1.82, 2.24) is 0 Å². The Balaban J connectivity index is 2.06. The molecule has 0 atom stereocenters. The van der Waals surface area contributed by atoms with Crippen molar-refractivity contribution < 1.29 is 24.2 Å². The molecular weight excluding hydrogens is 296 g/mol. The van der Waals surface area contributed by atoms with Crippen molar-refractivity contribution in [3.63, 3.8) is 0 Å². The lowest BCUT2D eigenvalue weighted by Gasteiger charge is -2.08. The number of aryl methyl sites for hydroxylation is 1. The maximum absolute atomic E-state index is 12.2. The van der Waals surface area contributed by atoms with Crippen molar-refractivity contribution in [2.24, 2.45) is 0 Å². The van der Waals surface area contributed by atoms with E-state index in [1.165, 1.54) is 6.07 Å². The molecule has 5 heteroatoms. The highest BCUT2D eigenvalue weighted by Crippen LogP contribution is 2.13. The van der Waals surface area contributed by atoms with Crippen molar-refractivity contribution in [3.05, 3.63) is 70.8 Å². The maximum atomic E-state index is 12.2. The van der Waals surface area contributed by atoms with E-state index in [1.54, 1.807) is 49.4 Å². The number of ether oxygens (including phenoxy) is 1. The molecule has 0 amide bonds. The summed E-state index contributed by atoms with van der Waals surface area (Å²) < 4.78 is 5.02. The minimum absolute atomic E-state index is 0.162. The van der Waals surface area contributed by atoms with E-state index in [-0.39, 0.29) is 18.8 Å². The number of ketones is 1. The number of esters is 1. The second kappa shape index (κ2) is 7.35. The molecular formula is C18H16O5. The molecule has 23 heavy (non-hydrogen) atoms. The molecule has 5 nitrogen and oxygen atoms in total. The number of carboxylic acid groups (broad SMARTS) is 1. The Bertz CT molecular complexity index is 734. The standard InChI is InChI=1S/C18H16O5/c1-12-7-8-13(10-17(20)21)9-15(12)16(19)11-23-18(22)14-5-3-2-4-6-14/h2-9H,10-11H2,1H3,(H,20,21). The summed E-state index contributed by atoms with van der Waals surface area (Å²) in [4.78, 5) is 34.8. The van der Waals surface area contributed by atoms with Gasteiger partial charge in [0.25, 0.3) is 0 Å². The Morgan fingerprint density at radius 2 is 1.74 bits per heavy atom. The van der Waals surface area contributed by atoms with E-state index in [0.29, 0.717) is 22.3 Å². The first kappa shape index (κ1) is 16.4. The third-order valence-electron chi connectivity index (χ3n) is 3.30. The lowest BCUT2D eigenvalue weighted by atomic mass is 10.0. The first-order valence-electron chi connectivity index (χ1n) is 7.04. The molecule has 0 bridgehead atoms. The molecule has 0 spiro atoms. The summed E-state index contributed by atoms with van der Waals surface area (Å²) in [5.41, 5.74) is 1.97. The summed E-state index contributed by atoms with van der Waals surface area (Å²) in [6.07, 6.45) is -0.162. The molecule has 118 valence electrons. The Morgan fingerprint density at radius 3 is 2.39 bits per heavy atom. The average molecular weight is 312 g/mol. The number of benzene rings is 2. The fraction of sp³-hybridized carbons (Fsp3) is 0.167. The van der Waals surface area contributed by atoms with Crippen LogP contribution in [-0.2, 0) is 16.0 Å². The van der Waals surface area contributed by atoms with Crippen LogP contribution in [0.4, 0.5) is 0 Å². The Hall–Kier alpha value is -2.95. The number of rotatable bonds is 6. The van der Waals surface area contributed by atoms with Crippen LogP contribution in [-0.4, -0.2) is 29.4 Å². The zero-order chi connectivity index (χ0) is 16.8. The highest BCUT2D eigenvalue weighted by molar-refractivity contribution is 6.00. The van der Waals surface area contributed by atoms with Gasteiger partial charge in [0, 0.05) is 5.56 Å². The van der Waals surface area contributed by atoms with E-state index in [4.69, 9.17) is 9.84 Å². The fourth-order valence-electron chi connectivity index (χ4n) is 2.12. The first-order valence-corrected chi connectivity index (χ1v) is 7.04. The molecule has 0 aromatic heterocycles. The molecule has 0 aliphatic carbocycles. The summed E-state index contributed by atoms with van der Waals surface area (Å²) in [6, 6.07) is 13.3. The molecule has 0 radical (unpaired) electrons. The van der Waals surface area contributed by atoms with E-state index in [2.05, 4.69) is 0 Å². The van der Waals surface area contributed by atoms with Crippen LogP contribution in [0.3, 0.4) is 0 Å². The van der Waals surface area contributed by atoms with Gasteiger partial charge in [0.05, 0.1) is 12.0 Å². The lowest BCUT2D eigenvalue weighted by Crippen LogP contribution is -2.15. The number of carboxylic acids is 1. The molecule has 2 aromatic rings. The number of Topliss-reactive ketones (excluding diaryl/α,β-unsaturated/α-hetero) is 1. The van der Waals surface area contributed by atoms with Crippen molar-refractivity contribution in [2.45, 2.75) is 13.3 Å². The predicted molar refractivity (Wildman–Crippen MR) is 83.6 cm³/mol. The highest BCUT2D eigenvalue weighted by Gasteiger charge is 2.14. The van der Waals surface area contributed by atoms with E-state index >= 15 is 0 Å². The molecule has 2 rings (SSSR count). The number of carbonyl (C=O) groups excluding carboxylic acids is 2. The zero-order valence-electron chi connectivity index (χ0n) is 12.6. The smallest absolute Gasteiger partial charge is 0.338 e. The van der Waals surface area contributed by atoms with Crippen LogP contribution in [0, 0.1) is 6.92 Å². The molecule has 1 N–H and O–H groups in total. The normalized spacial score (nSPS) is 10.1. The van der Waals surface area contributed by atoms with Gasteiger partial charge in [0.15, 0.2) is 6.61 Å². The number of hydrogen-bond donors (Lipinski definition) is 1. The third kappa shape index (κ3) is 4.51. The quantitative estimate of drug-likeness (QED) is 0.655. The summed E-state index contributed by atoms with van der Waals surface area (Å²) in [5.74, 6) is -1.90.